The Kier molecular flexibility index (Phi) is 4.85. The van der Waals surface area contributed by atoms with Crippen molar-refractivity contribution in [3.05, 3.63) is 11.7 Å². The van der Waals surface area contributed by atoms with Crippen LogP contribution >= 0.6 is 0 Å². The fraction of sp³-hybridized carbons (Fsp3) is 0.800. The average molecular weight is 229 g/mol. The number of aromatic nitrogens is 2. The summed E-state index contributed by atoms with van der Waals surface area (Å²) < 4.78 is 15.4. The molecule has 0 saturated carbocycles. The van der Waals surface area contributed by atoms with Crippen molar-refractivity contribution < 1.29 is 14.0 Å². The molecule has 0 saturated heterocycles. The highest BCUT2D eigenvalue weighted by Crippen LogP contribution is 2.12. The van der Waals surface area contributed by atoms with Crippen LogP contribution in [-0.4, -0.2) is 30.0 Å². The lowest BCUT2D eigenvalue weighted by Crippen LogP contribution is -2.30. The summed E-state index contributed by atoms with van der Waals surface area (Å²) in [5, 5.41) is 3.78. The third-order valence-corrected chi connectivity index (χ3v) is 1.85. The molecule has 92 valence electrons. The van der Waals surface area contributed by atoms with Gasteiger partial charge in [0.1, 0.15) is 6.61 Å². The summed E-state index contributed by atoms with van der Waals surface area (Å²) in [5.74, 6) is 0.918. The first kappa shape index (κ1) is 13.1. The van der Waals surface area contributed by atoms with Gasteiger partial charge in [0.25, 0.3) is 5.89 Å². The topological polar surface area (TPSA) is 83.4 Å². The summed E-state index contributed by atoms with van der Waals surface area (Å²) in [4.78, 5) is 4.13. The Morgan fingerprint density at radius 2 is 2.00 bits per heavy atom. The molecule has 16 heavy (non-hydrogen) atoms. The molecule has 0 bridgehead atoms. The maximum absolute atomic E-state index is 5.82. The number of nitrogens with zero attached hydrogens (tertiary/aromatic N) is 2. The zero-order valence-electron chi connectivity index (χ0n) is 10.0. The van der Waals surface area contributed by atoms with Crippen molar-refractivity contribution in [3.8, 4) is 0 Å². The Morgan fingerprint density at radius 3 is 2.56 bits per heavy atom. The minimum absolute atomic E-state index is 0.288. The van der Waals surface area contributed by atoms with Crippen molar-refractivity contribution >= 4 is 0 Å². The number of ether oxygens (including phenoxy) is 2. The van der Waals surface area contributed by atoms with Crippen LogP contribution in [0.15, 0.2) is 4.52 Å². The van der Waals surface area contributed by atoms with E-state index in [2.05, 4.69) is 10.1 Å². The van der Waals surface area contributed by atoms with Gasteiger partial charge in [-0.1, -0.05) is 5.16 Å². The van der Waals surface area contributed by atoms with Crippen LogP contribution in [0.5, 0.6) is 0 Å². The van der Waals surface area contributed by atoms with Gasteiger partial charge in [-0.2, -0.15) is 4.98 Å². The molecule has 0 amide bonds. The van der Waals surface area contributed by atoms with Gasteiger partial charge in [0.15, 0.2) is 5.82 Å². The maximum Gasteiger partial charge on any atom is 0.252 e. The van der Waals surface area contributed by atoms with Gasteiger partial charge in [-0.05, 0) is 20.8 Å². The van der Waals surface area contributed by atoms with Gasteiger partial charge in [0.05, 0.1) is 18.8 Å². The van der Waals surface area contributed by atoms with E-state index in [0.717, 1.165) is 0 Å². The van der Waals surface area contributed by atoms with Gasteiger partial charge >= 0.3 is 0 Å². The molecule has 1 rings (SSSR count). The molecule has 1 aromatic heterocycles. The number of hydrogen-bond acceptors (Lipinski definition) is 6. The van der Waals surface area contributed by atoms with Crippen molar-refractivity contribution in [1.29, 1.82) is 0 Å². The molecule has 0 aliphatic carbocycles. The van der Waals surface area contributed by atoms with Crippen molar-refractivity contribution in [2.75, 3.05) is 19.8 Å². The second-order valence-electron chi connectivity index (χ2n) is 3.98. The van der Waals surface area contributed by atoms with E-state index in [0.29, 0.717) is 31.5 Å². The Labute approximate surface area is 95.1 Å². The SMILES string of the molecule is CCOCCOCc1nc(C(C)(C)N)no1. The zero-order valence-corrected chi connectivity index (χ0v) is 10.0. The standard InChI is InChI=1S/C10H19N3O3/c1-4-14-5-6-15-7-8-12-9(13-16-8)10(2,3)11/h4-7,11H2,1-3H3. The predicted octanol–water partition coefficient (Wildman–Crippen LogP) is 0.817. The largest absolute Gasteiger partial charge is 0.379 e. The normalized spacial score (nSPS) is 12.0. The molecule has 0 atom stereocenters. The highest BCUT2D eigenvalue weighted by molar-refractivity contribution is 4.98. The Hall–Kier alpha value is -0.980. The van der Waals surface area contributed by atoms with Gasteiger partial charge in [-0.25, -0.2) is 0 Å². The Balaban J connectivity index is 2.30. The fourth-order valence-corrected chi connectivity index (χ4v) is 0.997. The molecule has 6 heteroatoms. The molecular weight excluding hydrogens is 210 g/mol. The van der Waals surface area contributed by atoms with Crippen molar-refractivity contribution in [2.24, 2.45) is 5.73 Å². The molecule has 0 spiro atoms. The number of hydrogen-bond donors (Lipinski definition) is 1. The van der Waals surface area contributed by atoms with Gasteiger partial charge < -0.3 is 19.7 Å². The number of nitrogens with two attached hydrogens (primary N) is 1. The van der Waals surface area contributed by atoms with Crippen LogP contribution in [0.4, 0.5) is 0 Å². The average Bonchev–Trinajstić information content (AvgIpc) is 2.65. The first-order chi connectivity index (χ1) is 7.54. The fourth-order valence-electron chi connectivity index (χ4n) is 0.997. The molecule has 0 aromatic carbocycles. The van der Waals surface area contributed by atoms with Crippen LogP contribution in [0.25, 0.3) is 0 Å². The van der Waals surface area contributed by atoms with E-state index in [1.165, 1.54) is 0 Å². The van der Waals surface area contributed by atoms with Crippen LogP contribution in [0, 0.1) is 0 Å². The summed E-state index contributed by atoms with van der Waals surface area (Å²) >= 11 is 0. The smallest absolute Gasteiger partial charge is 0.252 e. The molecule has 0 fully saturated rings. The van der Waals surface area contributed by atoms with Crippen LogP contribution in [0.1, 0.15) is 32.5 Å². The first-order valence-corrected chi connectivity index (χ1v) is 5.31. The monoisotopic (exact) mass is 229 g/mol. The lowest BCUT2D eigenvalue weighted by molar-refractivity contribution is 0.0355. The highest BCUT2D eigenvalue weighted by Gasteiger charge is 2.21. The summed E-state index contributed by atoms with van der Waals surface area (Å²) in [7, 11) is 0. The van der Waals surface area contributed by atoms with E-state index in [4.69, 9.17) is 19.7 Å². The van der Waals surface area contributed by atoms with E-state index in [-0.39, 0.29) is 6.61 Å². The van der Waals surface area contributed by atoms with Crippen LogP contribution in [-0.2, 0) is 21.6 Å². The second-order valence-corrected chi connectivity index (χ2v) is 3.98. The highest BCUT2D eigenvalue weighted by atomic mass is 16.5. The lowest BCUT2D eigenvalue weighted by Gasteiger charge is -2.11. The number of rotatable bonds is 7. The lowest BCUT2D eigenvalue weighted by atomic mass is 10.1. The molecule has 2 N–H and O–H groups in total. The van der Waals surface area contributed by atoms with Crippen molar-refractivity contribution in [1.82, 2.24) is 10.1 Å². The minimum Gasteiger partial charge on any atom is -0.379 e. The second kappa shape index (κ2) is 5.93. The Morgan fingerprint density at radius 1 is 1.31 bits per heavy atom. The summed E-state index contributed by atoms with van der Waals surface area (Å²) in [6.07, 6.45) is 0. The van der Waals surface area contributed by atoms with Crippen LogP contribution in [0.2, 0.25) is 0 Å². The first-order valence-electron chi connectivity index (χ1n) is 5.31. The third kappa shape index (κ3) is 4.26. The molecule has 0 radical (unpaired) electrons. The van der Waals surface area contributed by atoms with E-state index < -0.39 is 5.54 Å². The molecule has 1 aromatic rings. The van der Waals surface area contributed by atoms with Gasteiger partial charge in [0.2, 0.25) is 0 Å². The van der Waals surface area contributed by atoms with E-state index in [9.17, 15) is 0 Å². The van der Waals surface area contributed by atoms with E-state index in [1.54, 1.807) is 0 Å². The predicted molar refractivity (Wildman–Crippen MR) is 57.7 cm³/mol. The van der Waals surface area contributed by atoms with Crippen molar-refractivity contribution in [3.63, 3.8) is 0 Å². The molecule has 0 aliphatic rings. The summed E-state index contributed by atoms with van der Waals surface area (Å²) in [5.41, 5.74) is 5.23. The Bertz CT molecular complexity index is 307. The quantitative estimate of drug-likeness (QED) is 0.697. The molecule has 6 nitrogen and oxygen atoms in total. The summed E-state index contributed by atoms with van der Waals surface area (Å²) in [6, 6.07) is 0. The molecular formula is C10H19N3O3. The summed E-state index contributed by atoms with van der Waals surface area (Å²) in [6.45, 7) is 7.63. The van der Waals surface area contributed by atoms with Crippen LogP contribution in [0.3, 0.4) is 0 Å². The van der Waals surface area contributed by atoms with E-state index >= 15 is 0 Å². The molecule has 0 unspecified atom stereocenters. The van der Waals surface area contributed by atoms with Gasteiger partial charge in [-0.3, -0.25) is 0 Å². The van der Waals surface area contributed by atoms with E-state index in [1.807, 2.05) is 20.8 Å². The minimum atomic E-state index is -0.590. The molecule has 1 heterocycles. The molecule has 0 aliphatic heterocycles. The zero-order chi connectivity index (χ0) is 12.0. The third-order valence-electron chi connectivity index (χ3n) is 1.85. The van der Waals surface area contributed by atoms with Crippen molar-refractivity contribution in [2.45, 2.75) is 32.9 Å². The maximum atomic E-state index is 5.82. The van der Waals surface area contributed by atoms with Gasteiger partial charge in [0, 0.05) is 6.61 Å². The van der Waals surface area contributed by atoms with Crippen LogP contribution < -0.4 is 5.73 Å². The van der Waals surface area contributed by atoms with Gasteiger partial charge in [-0.15, -0.1) is 0 Å².